The second-order valence-corrected chi connectivity index (χ2v) is 3.39. The average Bonchev–Trinajstić information content (AvgIpc) is 2.17. The zero-order valence-electron chi connectivity index (χ0n) is 8.91. The van der Waals surface area contributed by atoms with Crippen LogP contribution < -0.4 is 4.90 Å². The summed E-state index contributed by atoms with van der Waals surface area (Å²) in [5, 5.41) is 8.80. The van der Waals surface area contributed by atoms with Crippen LogP contribution in [0.5, 0.6) is 0 Å². The molecule has 0 saturated carbocycles. The van der Waals surface area contributed by atoms with Gasteiger partial charge in [-0.3, -0.25) is 0 Å². The number of hydrogen-bond acceptors (Lipinski definition) is 3. The molecule has 0 N–H and O–H groups in total. The predicted octanol–water partition coefficient (Wildman–Crippen LogP) is 2.11. The summed E-state index contributed by atoms with van der Waals surface area (Å²) < 4.78 is 0. The third kappa shape index (κ3) is 2.46. The van der Waals surface area contributed by atoms with Gasteiger partial charge in [-0.05, 0) is 25.5 Å². The lowest BCUT2D eigenvalue weighted by Crippen LogP contribution is -2.19. The molecule has 14 heavy (non-hydrogen) atoms. The number of pyridine rings is 1. The molecule has 0 amide bonds. The van der Waals surface area contributed by atoms with Gasteiger partial charge in [-0.1, -0.05) is 6.92 Å². The van der Waals surface area contributed by atoms with Gasteiger partial charge >= 0.3 is 0 Å². The smallest absolute Gasteiger partial charge is 0.129 e. The minimum absolute atomic E-state index is 0.676. The quantitative estimate of drug-likeness (QED) is 0.731. The number of hydrogen-bond donors (Lipinski definition) is 0. The van der Waals surface area contributed by atoms with Gasteiger partial charge in [0, 0.05) is 19.3 Å². The Morgan fingerprint density at radius 3 is 2.79 bits per heavy atom. The number of nitrogens with zero attached hydrogens (tertiary/aromatic N) is 3. The second kappa shape index (κ2) is 4.61. The highest BCUT2D eigenvalue weighted by atomic mass is 15.2. The molecule has 0 unspecified atom stereocenters. The van der Waals surface area contributed by atoms with Crippen molar-refractivity contribution in [2.24, 2.45) is 0 Å². The summed E-state index contributed by atoms with van der Waals surface area (Å²) in [5.74, 6) is 0.878. The van der Waals surface area contributed by atoms with Crippen molar-refractivity contribution in [3.05, 3.63) is 23.4 Å². The van der Waals surface area contributed by atoms with E-state index in [2.05, 4.69) is 22.9 Å². The summed E-state index contributed by atoms with van der Waals surface area (Å²) in [6, 6.07) is 5.76. The number of aryl methyl sites for hydroxylation is 1. The first kappa shape index (κ1) is 10.5. The summed E-state index contributed by atoms with van der Waals surface area (Å²) >= 11 is 0. The Hall–Kier alpha value is -1.56. The molecule has 0 spiro atoms. The van der Waals surface area contributed by atoms with Gasteiger partial charge in [0.05, 0.1) is 11.6 Å². The average molecular weight is 189 g/mol. The number of aromatic nitrogens is 1. The van der Waals surface area contributed by atoms with E-state index in [4.69, 9.17) is 5.26 Å². The van der Waals surface area contributed by atoms with Crippen molar-refractivity contribution in [3.63, 3.8) is 0 Å². The monoisotopic (exact) mass is 189 g/mol. The van der Waals surface area contributed by atoms with E-state index in [9.17, 15) is 0 Å². The number of nitriles is 1. The summed E-state index contributed by atoms with van der Waals surface area (Å²) in [6.07, 6.45) is 1.08. The lowest BCUT2D eigenvalue weighted by molar-refractivity contribution is 0.834. The van der Waals surface area contributed by atoms with Crippen LogP contribution in [0.25, 0.3) is 0 Å². The van der Waals surface area contributed by atoms with Crippen LogP contribution in [0, 0.1) is 18.3 Å². The number of anilines is 1. The maximum atomic E-state index is 8.80. The highest BCUT2D eigenvalue weighted by molar-refractivity contribution is 5.45. The van der Waals surface area contributed by atoms with Crippen molar-refractivity contribution in [3.8, 4) is 6.07 Å². The van der Waals surface area contributed by atoms with E-state index in [-0.39, 0.29) is 0 Å². The number of rotatable bonds is 3. The van der Waals surface area contributed by atoms with Crippen LogP contribution in [0.2, 0.25) is 0 Å². The fraction of sp³-hybridized carbons (Fsp3) is 0.455. The third-order valence-electron chi connectivity index (χ3n) is 2.02. The van der Waals surface area contributed by atoms with Crippen LogP contribution in [0.4, 0.5) is 5.82 Å². The highest BCUT2D eigenvalue weighted by Gasteiger charge is 2.03. The van der Waals surface area contributed by atoms with Gasteiger partial charge in [-0.15, -0.1) is 0 Å². The highest BCUT2D eigenvalue weighted by Crippen LogP contribution is 2.13. The largest absolute Gasteiger partial charge is 0.360 e. The van der Waals surface area contributed by atoms with Crippen LogP contribution in [-0.4, -0.2) is 18.6 Å². The van der Waals surface area contributed by atoms with E-state index in [0.29, 0.717) is 5.56 Å². The van der Waals surface area contributed by atoms with Gasteiger partial charge in [0.1, 0.15) is 5.82 Å². The molecule has 0 aromatic carbocycles. The molecule has 0 radical (unpaired) electrons. The van der Waals surface area contributed by atoms with Crippen LogP contribution in [0.3, 0.4) is 0 Å². The van der Waals surface area contributed by atoms with Crippen molar-refractivity contribution in [2.75, 3.05) is 18.5 Å². The minimum atomic E-state index is 0.676. The molecule has 0 aliphatic heterocycles. The zero-order chi connectivity index (χ0) is 10.6. The minimum Gasteiger partial charge on any atom is -0.360 e. The topological polar surface area (TPSA) is 39.9 Å². The fourth-order valence-corrected chi connectivity index (χ4v) is 1.36. The lowest BCUT2D eigenvalue weighted by atomic mass is 10.2. The van der Waals surface area contributed by atoms with E-state index in [1.807, 2.05) is 20.0 Å². The third-order valence-corrected chi connectivity index (χ3v) is 2.02. The zero-order valence-corrected chi connectivity index (χ0v) is 8.91. The first-order valence-corrected chi connectivity index (χ1v) is 4.77. The van der Waals surface area contributed by atoms with Crippen molar-refractivity contribution < 1.29 is 0 Å². The normalized spacial score (nSPS) is 9.57. The molecule has 0 saturated heterocycles. The lowest BCUT2D eigenvalue weighted by Gasteiger charge is -2.17. The van der Waals surface area contributed by atoms with Crippen molar-refractivity contribution in [1.82, 2.24) is 4.98 Å². The van der Waals surface area contributed by atoms with E-state index in [0.717, 1.165) is 24.5 Å². The Balaban J connectivity index is 2.98. The molecule has 74 valence electrons. The Bertz CT molecular complexity index is 352. The Morgan fingerprint density at radius 2 is 2.21 bits per heavy atom. The van der Waals surface area contributed by atoms with E-state index < -0.39 is 0 Å². The van der Waals surface area contributed by atoms with Crippen LogP contribution in [-0.2, 0) is 0 Å². The maximum Gasteiger partial charge on any atom is 0.129 e. The Labute approximate surface area is 85.0 Å². The molecule has 1 aromatic heterocycles. The maximum absolute atomic E-state index is 8.80. The fourth-order valence-electron chi connectivity index (χ4n) is 1.36. The molecule has 3 nitrogen and oxygen atoms in total. The van der Waals surface area contributed by atoms with E-state index in [1.165, 1.54) is 0 Å². The molecule has 1 heterocycles. The summed E-state index contributed by atoms with van der Waals surface area (Å²) in [4.78, 5) is 6.44. The van der Waals surface area contributed by atoms with Crippen molar-refractivity contribution in [1.29, 1.82) is 5.26 Å². The summed E-state index contributed by atoms with van der Waals surface area (Å²) in [7, 11) is 1.99. The van der Waals surface area contributed by atoms with E-state index in [1.54, 1.807) is 6.07 Å². The first-order chi connectivity index (χ1) is 6.67. The van der Waals surface area contributed by atoms with Crippen molar-refractivity contribution in [2.45, 2.75) is 20.3 Å². The molecule has 3 heteroatoms. The first-order valence-electron chi connectivity index (χ1n) is 4.77. The Morgan fingerprint density at radius 1 is 1.50 bits per heavy atom. The molecule has 0 aliphatic carbocycles. The van der Waals surface area contributed by atoms with Gasteiger partial charge in [0.15, 0.2) is 0 Å². The van der Waals surface area contributed by atoms with Crippen molar-refractivity contribution >= 4 is 5.82 Å². The standard InChI is InChI=1S/C11H15N3/c1-4-5-14(3)11-7-10(8-12)6-9(2)13-11/h6-7H,4-5H2,1-3H3. The van der Waals surface area contributed by atoms with E-state index >= 15 is 0 Å². The summed E-state index contributed by atoms with van der Waals surface area (Å²) in [6.45, 7) is 4.99. The van der Waals surface area contributed by atoms with Gasteiger partial charge in [-0.25, -0.2) is 4.98 Å². The molecule has 0 fully saturated rings. The van der Waals surface area contributed by atoms with Gasteiger partial charge in [-0.2, -0.15) is 5.26 Å². The predicted molar refractivity (Wildman–Crippen MR) is 57.3 cm³/mol. The van der Waals surface area contributed by atoms with Gasteiger partial charge in [0.2, 0.25) is 0 Å². The second-order valence-electron chi connectivity index (χ2n) is 3.39. The molecule has 1 rings (SSSR count). The van der Waals surface area contributed by atoms with Gasteiger partial charge in [0.25, 0.3) is 0 Å². The molecule has 1 aromatic rings. The molecular weight excluding hydrogens is 174 g/mol. The van der Waals surface area contributed by atoms with Gasteiger partial charge < -0.3 is 4.90 Å². The van der Waals surface area contributed by atoms with Crippen LogP contribution >= 0.6 is 0 Å². The molecule has 0 atom stereocenters. The molecule has 0 aliphatic rings. The summed E-state index contributed by atoms with van der Waals surface area (Å²) in [5.41, 5.74) is 1.57. The van der Waals surface area contributed by atoms with Crippen LogP contribution in [0.1, 0.15) is 24.6 Å². The SMILES string of the molecule is CCCN(C)c1cc(C#N)cc(C)n1. The molecular formula is C11H15N3. The van der Waals surface area contributed by atoms with Crippen LogP contribution in [0.15, 0.2) is 12.1 Å². The molecule has 0 bridgehead atoms. The Kier molecular flexibility index (Phi) is 3.47.